The van der Waals surface area contributed by atoms with E-state index in [0.717, 1.165) is 46.6 Å². The van der Waals surface area contributed by atoms with Crippen LogP contribution in [0.15, 0.2) is 71.8 Å². The largest absolute Gasteiger partial charge is 0.333 e. The van der Waals surface area contributed by atoms with Crippen LogP contribution < -0.4 is 5.69 Å². The molecule has 0 radical (unpaired) electrons. The van der Waals surface area contributed by atoms with Gasteiger partial charge < -0.3 is 0 Å². The molecule has 3 aromatic heterocycles. The Morgan fingerprint density at radius 3 is 2.38 bits per heavy atom. The van der Waals surface area contributed by atoms with Gasteiger partial charge in [0, 0.05) is 29.2 Å². The van der Waals surface area contributed by atoms with Gasteiger partial charge in [0.15, 0.2) is 5.82 Å². The van der Waals surface area contributed by atoms with Crippen LogP contribution in [0, 0.1) is 0 Å². The SMILES string of the molecule is CCCc1cn(-c2c(C(C)C)cccc2C(C)(C)C)c(=O)n1Cc1ccc(-c2ccccc2-c2nnn[nH]2)nc1. The number of rotatable bonds is 8. The van der Waals surface area contributed by atoms with E-state index in [1.54, 1.807) is 0 Å². The summed E-state index contributed by atoms with van der Waals surface area (Å²) in [5, 5.41) is 14.3. The van der Waals surface area contributed by atoms with Crippen LogP contribution in [0.5, 0.6) is 0 Å². The minimum absolute atomic E-state index is 0.0192. The van der Waals surface area contributed by atoms with Crippen LogP contribution in [-0.2, 0) is 18.4 Å². The van der Waals surface area contributed by atoms with Crippen molar-refractivity contribution in [1.29, 1.82) is 0 Å². The van der Waals surface area contributed by atoms with E-state index in [2.05, 4.69) is 80.4 Å². The molecule has 0 amide bonds. The van der Waals surface area contributed by atoms with Gasteiger partial charge in [-0.1, -0.05) is 96.5 Å². The smallest absolute Gasteiger partial charge is 0.292 e. The minimum atomic E-state index is -0.107. The monoisotopic (exact) mass is 535 g/mol. The molecule has 0 saturated heterocycles. The number of aromatic amines is 1. The van der Waals surface area contributed by atoms with Gasteiger partial charge >= 0.3 is 5.69 Å². The first-order valence-electron chi connectivity index (χ1n) is 13.9. The molecular weight excluding hydrogens is 498 g/mol. The fourth-order valence-corrected chi connectivity index (χ4v) is 5.26. The average molecular weight is 536 g/mol. The lowest BCUT2D eigenvalue weighted by Gasteiger charge is -2.26. The molecule has 40 heavy (non-hydrogen) atoms. The quantitative estimate of drug-likeness (QED) is 0.252. The van der Waals surface area contributed by atoms with Crippen molar-refractivity contribution in [2.45, 2.75) is 72.3 Å². The van der Waals surface area contributed by atoms with Gasteiger partial charge in [-0.2, -0.15) is 0 Å². The standard InChI is InChI=1S/C32H37N7O/c1-7-11-23-20-39(29-24(21(2)3)14-10-15-27(29)32(4,5)6)31(40)38(23)19-22-16-17-28(33-18-22)25-12-8-9-13-26(25)30-34-36-37-35-30/h8-10,12-18,20-21H,7,11,19H2,1-6H3,(H,34,35,36,37). The summed E-state index contributed by atoms with van der Waals surface area (Å²) in [5.74, 6) is 0.879. The number of aryl methyl sites for hydroxylation is 1. The van der Waals surface area contributed by atoms with Crippen LogP contribution in [0.25, 0.3) is 28.3 Å². The highest BCUT2D eigenvalue weighted by molar-refractivity contribution is 5.78. The zero-order valence-corrected chi connectivity index (χ0v) is 24.1. The molecule has 0 aliphatic carbocycles. The molecular formula is C32H37N7O. The third-order valence-corrected chi connectivity index (χ3v) is 7.28. The number of benzene rings is 2. The Morgan fingerprint density at radius 1 is 0.975 bits per heavy atom. The number of nitrogens with one attached hydrogen (secondary N) is 1. The summed E-state index contributed by atoms with van der Waals surface area (Å²) in [5.41, 5.74) is 7.86. The Labute approximate surface area is 235 Å². The molecule has 1 N–H and O–H groups in total. The zero-order chi connectivity index (χ0) is 28.4. The highest BCUT2D eigenvalue weighted by Gasteiger charge is 2.25. The number of nitrogens with zero attached hydrogens (tertiary/aromatic N) is 6. The van der Waals surface area contributed by atoms with Crippen molar-refractivity contribution in [1.82, 2.24) is 34.7 Å². The predicted octanol–water partition coefficient (Wildman–Crippen LogP) is 6.30. The maximum atomic E-state index is 14.1. The molecule has 8 heteroatoms. The predicted molar refractivity (Wildman–Crippen MR) is 159 cm³/mol. The van der Waals surface area contributed by atoms with Crippen molar-refractivity contribution < 1.29 is 0 Å². The van der Waals surface area contributed by atoms with E-state index in [4.69, 9.17) is 4.98 Å². The number of H-pyrrole nitrogens is 1. The van der Waals surface area contributed by atoms with Gasteiger partial charge in [0.25, 0.3) is 0 Å². The summed E-state index contributed by atoms with van der Waals surface area (Å²) < 4.78 is 3.78. The molecule has 0 atom stereocenters. The molecule has 2 aromatic carbocycles. The molecule has 5 rings (SSSR count). The van der Waals surface area contributed by atoms with E-state index in [1.807, 2.05) is 57.9 Å². The second-order valence-electron chi connectivity index (χ2n) is 11.6. The van der Waals surface area contributed by atoms with Crippen molar-refractivity contribution in [3.8, 4) is 28.3 Å². The number of aromatic nitrogens is 7. The van der Waals surface area contributed by atoms with Gasteiger partial charge in [-0.25, -0.2) is 9.89 Å². The Balaban J connectivity index is 1.55. The Hall–Kier alpha value is -4.33. The van der Waals surface area contributed by atoms with Gasteiger partial charge in [0.05, 0.1) is 17.9 Å². The Morgan fingerprint density at radius 2 is 1.75 bits per heavy atom. The summed E-state index contributed by atoms with van der Waals surface area (Å²) >= 11 is 0. The van der Waals surface area contributed by atoms with Crippen LogP contribution in [0.1, 0.15) is 76.3 Å². The first-order valence-corrected chi connectivity index (χ1v) is 13.9. The van der Waals surface area contributed by atoms with Crippen LogP contribution in [0.4, 0.5) is 0 Å². The second kappa shape index (κ2) is 11.0. The normalized spacial score (nSPS) is 11.9. The topological polar surface area (TPSA) is 94.3 Å². The molecule has 0 aliphatic heterocycles. The fraction of sp³-hybridized carbons (Fsp3) is 0.344. The number of hydrogen-bond donors (Lipinski definition) is 1. The van der Waals surface area contributed by atoms with Crippen molar-refractivity contribution in [2.24, 2.45) is 0 Å². The lowest BCUT2D eigenvalue weighted by Crippen LogP contribution is -2.27. The van der Waals surface area contributed by atoms with E-state index in [1.165, 1.54) is 11.1 Å². The van der Waals surface area contributed by atoms with Crippen molar-refractivity contribution in [3.63, 3.8) is 0 Å². The fourth-order valence-electron chi connectivity index (χ4n) is 5.26. The molecule has 3 heterocycles. The van der Waals surface area contributed by atoms with Gasteiger partial charge in [0.2, 0.25) is 0 Å². The first-order chi connectivity index (χ1) is 19.2. The summed E-state index contributed by atoms with van der Waals surface area (Å²) in [6.07, 6.45) is 5.67. The molecule has 0 fully saturated rings. The van der Waals surface area contributed by atoms with Gasteiger partial charge in [-0.15, -0.1) is 5.10 Å². The molecule has 0 bridgehead atoms. The van der Waals surface area contributed by atoms with Crippen LogP contribution in [0.2, 0.25) is 0 Å². The van der Waals surface area contributed by atoms with E-state index in [9.17, 15) is 4.79 Å². The number of para-hydroxylation sites is 1. The molecule has 0 unspecified atom stereocenters. The Kier molecular flexibility index (Phi) is 7.52. The van der Waals surface area contributed by atoms with Crippen molar-refractivity contribution in [2.75, 3.05) is 0 Å². The average Bonchev–Trinajstić information content (AvgIpc) is 3.58. The molecule has 5 aromatic rings. The lowest BCUT2D eigenvalue weighted by atomic mass is 9.83. The van der Waals surface area contributed by atoms with E-state index in [-0.39, 0.29) is 17.0 Å². The molecule has 0 saturated carbocycles. The molecule has 8 nitrogen and oxygen atoms in total. The minimum Gasteiger partial charge on any atom is -0.292 e. The second-order valence-corrected chi connectivity index (χ2v) is 11.6. The summed E-state index contributed by atoms with van der Waals surface area (Å²) in [7, 11) is 0. The number of hydrogen-bond acceptors (Lipinski definition) is 5. The van der Waals surface area contributed by atoms with Gasteiger partial charge in [-0.05, 0) is 50.9 Å². The highest BCUT2D eigenvalue weighted by atomic mass is 16.1. The number of pyridine rings is 1. The van der Waals surface area contributed by atoms with Gasteiger partial charge in [-0.3, -0.25) is 14.1 Å². The lowest BCUT2D eigenvalue weighted by molar-refractivity contribution is 0.582. The molecule has 0 spiro atoms. The summed E-state index contributed by atoms with van der Waals surface area (Å²) in [6.45, 7) is 13.6. The first kappa shape index (κ1) is 27.2. The zero-order valence-electron chi connectivity index (χ0n) is 24.1. The third-order valence-electron chi connectivity index (χ3n) is 7.28. The van der Waals surface area contributed by atoms with Crippen LogP contribution in [0.3, 0.4) is 0 Å². The molecule has 0 aliphatic rings. The van der Waals surface area contributed by atoms with E-state index >= 15 is 0 Å². The van der Waals surface area contributed by atoms with E-state index in [0.29, 0.717) is 12.4 Å². The third kappa shape index (κ3) is 5.26. The van der Waals surface area contributed by atoms with Gasteiger partial charge in [0.1, 0.15) is 0 Å². The van der Waals surface area contributed by atoms with Crippen molar-refractivity contribution >= 4 is 0 Å². The van der Waals surface area contributed by atoms with Crippen LogP contribution in [-0.4, -0.2) is 34.7 Å². The maximum Gasteiger partial charge on any atom is 0.333 e. The number of imidazole rings is 1. The number of tetrazole rings is 1. The van der Waals surface area contributed by atoms with Crippen molar-refractivity contribution in [3.05, 3.63) is 99.9 Å². The van der Waals surface area contributed by atoms with Crippen LogP contribution >= 0.6 is 0 Å². The summed E-state index contributed by atoms with van der Waals surface area (Å²) in [4.78, 5) is 18.8. The summed E-state index contributed by atoms with van der Waals surface area (Å²) in [6, 6.07) is 18.3. The highest BCUT2D eigenvalue weighted by Crippen LogP contribution is 2.34. The van der Waals surface area contributed by atoms with E-state index < -0.39 is 0 Å². The molecule has 206 valence electrons. The maximum absolute atomic E-state index is 14.1. The Bertz CT molecular complexity index is 1650.